The van der Waals surface area contributed by atoms with Gasteiger partial charge in [-0.15, -0.1) is 0 Å². The lowest BCUT2D eigenvalue weighted by Crippen LogP contribution is -2.30. The standard InChI is InChI=1S/C21H16N4O7/c1-31-20(27)18-8-7-16(32-18)12-24-19(26)17(22-21(24)28)11-14-6-3-9-23(14)13-4-2-5-15(10-13)25(29)30/h2-11H,12H2,1H3,(H,22,28)/b17-11-. The van der Waals surface area contributed by atoms with Crippen LogP contribution in [0.15, 0.2) is 64.8 Å². The van der Waals surface area contributed by atoms with Gasteiger partial charge in [-0.1, -0.05) is 6.07 Å². The number of nitro groups is 1. The molecule has 0 aliphatic carbocycles. The van der Waals surface area contributed by atoms with Gasteiger partial charge in [-0.2, -0.15) is 0 Å². The Kier molecular flexibility index (Phi) is 5.29. The Bertz CT molecular complexity index is 1270. The molecule has 0 bridgehead atoms. The minimum atomic E-state index is -0.670. The molecule has 3 heterocycles. The Labute approximate surface area is 180 Å². The van der Waals surface area contributed by atoms with Crippen molar-refractivity contribution in [3.05, 3.63) is 87.8 Å². The van der Waals surface area contributed by atoms with Crippen molar-refractivity contribution in [2.45, 2.75) is 6.54 Å². The normalized spacial score (nSPS) is 14.7. The summed E-state index contributed by atoms with van der Waals surface area (Å²) in [6.07, 6.45) is 3.16. The van der Waals surface area contributed by atoms with Crippen LogP contribution in [0.1, 0.15) is 22.0 Å². The zero-order chi connectivity index (χ0) is 22.8. The van der Waals surface area contributed by atoms with E-state index in [1.54, 1.807) is 35.0 Å². The Morgan fingerprint density at radius 3 is 2.78 bits per heavy atom. The number of imide groups is 1. The first-order valence-electron chi connectivity index (χ1n) is 9.31. The summed E-state index contributed by atoms with van der Waals surface area (Å²) >= 11 is 0. The van der Waals surface area contributed by atoms with Gasteiger partial charge in [-0.05, 0) is 36.4 Å². The number of nitro benzene ring substituents is 1. The van der Waals surface area contributed by atoms with Gasteiger partial charge < -0.3 is 19.0 Å². The molecule has 2 aromatic heterocycles. The molecule has 1 saturated heterocycles. The number of aromatic nitrogens is 1. The maximum absolute atomic E-state index is 12.8. The van der Waals surface area contributed by atoms with Crippen LogP contribution in [0.5, 0.6) is 0 Å². The van der Waals surface area contributed by atoms with Crippen LogP contribution in [0.3, 0.4) is 0 Å². The zero-order valence-electron chi connectivity index (χ0n) is 16.7. The molecule has 1 aliphatic heterocycles. The van der Waals surface area contributed by atoms with Gasteiger partial charge in [0.05, 0.1) is 24.3 Å². The number of urea groups is 1. The van der Waals surface area contributed by atoms with Crippen molar-refractivity contribution in [2.24, 2.45) is 0 Å². The van der Waals surface area contributed by atoms with Crippen molar-refractivity contribution in [3.8, 4) is 5.69 Å². The van der Waals surface area contributed by atoms with Gasteiger partial charge >= 0.3 is 12.0 Å². The van der Waals surface area contributed by atoms with Gasteiger partial charge in [0.25, 0.3) is 11.6 Å². The number of nitrogens with one attached hydrogen (secondary N) is 1. The number of ether oxygens (including phenoxy) is 1. The number of carbonyl (C=O) groups is 3. The highest BCUT2D eigenvalue weighted by molar-refractivity contribution is 6.13. The molecule has 162 valence electrons. The van der Waals surface area contributed by atoms with E-state index in [1.807, 2.05) is 0 Å². The largest absolute Gasteiger partial charge is 0.463 e. The minimum Gasteiger partial charge on any atom is -0.463 e. The molecule has 11 heteroatoms. The van der Waals surface area contributed by atoms with E-state index < -0.39 is 22.8 Å². The molecular formula is C21H16N4O7. The molecule has 0 atom stereocenters. The monoisotopic (exact) mass is 436 g/mol. The third-order valence-electron chi connectivity index (χ3n) is 4.72. The summed E-state index contributed by atoms with van der Waals surface area (Å²) in [5.74, 6) is -1.07. The van der Waals surface area contributed by atoms with E-state index in [0.29, 0.717) is 11.4 Å². The summed E-state index contributed by atoms with van der Waals surface area (Å²) in [6.45, 7) is -0.176. The van der Waals surface area contributed by atoms with Gasteiger partial charge in [0.15, 0.2) is 0 Å². The Hall–Kier alpha value is -4.67. The number of amides is 3. The maximum Gasteiger partial charge on any atom is 0.373 e. The number of methoxy groups -OCH3 is 1. The van der Waals surface area contributed by atoms with E-state index >= 15 is 0 Å². The summed E-state index contributed by atoms with van der Waals surface area (Å²) in [6, 6.07) is 11.6. The number of rotatable bonds is 6. The number of hydrogen-bond acceptors (Lipinski definition) is 7. The van der Waals surface area contributed by atoms with Crippen LogP contribution < -0.4 is 5.32 Å². The second kappa shape index (κ2) is 8.22. The lowest BCUT2D eigenvalue weighted by molar-refractivity contribution is -0.384. The molecule has 1 N–H and O–H groups in total. The molecule has 0 saturated carbocycles. The van der Waals surface area contributed by atoms with Crippen LogP contribution in [0.25, 0.3) is 11.8 Å². The number of carbonyl (C=O) groups excluding carboxylic acids is 3. The van der Waals surface area contributed by atoms with Gasteiger partial charge in [-0.3, -0.25) is 19.8 Å². The van der Waals surface area contributed by atoms with Crippen LogP contribution in [-0.4, -0.2) is 39.4 Å². The quantitative estimate of drug-likeness (QED) is 0.206. The summed E-state index contributed by atoms with van der Waals surface area (Å²) in [5.41, 5.74) is 1.01. The zero-order valence-corrected chi connectivity index (χ0v) is 16.7. The fourth-order valence-corrected chi connectivity index (χ4v) is 3.20. The molecular weight excluding hydrogens is 420 g/mol. The molecule has 0 radical (unpaired) electrons. The fourth-order valence-electron chi connectivity index (χ4n) is 3.20. The summed E-state index contributed by atoms with van der Waals surface area (Å²) < 4.78 is 11.5. The first-order valence-corrected chi connectivity index (χ1v) is 9.31. The minimum absolute atomic E-state index is 0.0279. The number of furan rings is 1. The molecule has 3 aromatic rings. The number of hydrogen-bond donors (Lipinski definition) is 1. The maximum atomic E-state index is 12.8. The third-order valence-corrected chi connectivity index (χ3v) is 4.72. The van der Waals surface area contributed by atoms with E-state index in [1.165, 1.54) is 37.5 Å². The molecule has 1 fully saturated rings. The Balaban J connectivity index is 1.57. The SMILES string of the molecule is COC(=O)c1ccc(CN2C(=O)N/C(=C\c3cccn3-c3cccc([N+](=O)[O-])c3)C2=O)o1. The number of nitrogens with zero attached hydrogens (tertiary/aromatic N) is 3. The van der Waals surface area contributed by atoms with E-state index in [0.717, 1.165) is 4.90 Å². The first kappa shape index (κ1) is 20.6. The van der Waals surface area contributed by atoms with Crippen LogP contribution in [-0.2, 0) is 16.1 Å². The lowest BCUT2D eigenvalue weighted by Gasteiger charge is -2.09. The van der Waals surface area contributed by atoms with Crippen LogP contribution in [0.2, 0.25) is 0 Å². The van der Waals surface area contributed by atoms with Crippen molar-refractivity contribution in [1.29, 1.82) is 0 Å². The molecule has 0 spiro atoms. The number of benzene rings is 1. The first-order chi connectivity index (χ1) is 15.4. The number of esters is 1. The molecule has 0 unspecified atom stereocenters. The average molecular weight is 436 g/mol. The van der Waals surface area contributed by atoms with Crippen molar-refractivity contribution in [3.63, 3.8) is 0 Å². The van der Waals surface area contributed by atoms with E-state index in [4.69, 9.17) is 4.42 Å². The van der Waals surface area contributed by atoms with Gasteiger partial charge in [0, 0.05) is 24.0 Å². The highest BCUT2D eigenvalue weighted by Crippen LogP contribution is 2.22. The molecule has 3 amide bonds. The molecule has 1 aliphatic rings. The average Bonchev–Trinajstić information content (AvgIpc) is 3.50. The molecule has 4 rings (SSSR count). The van der Waals surface area contributed by atoms with Gasteiger partial charge in [-0.25, -0.2) is 9.59 Å². The summed E-state index contributed by atoms with van der Waals surface area (Å²) in [7, 11) is 1.21. The van der Waals surface area contributed by atoms with Crippen LogP contribution >= 0.6 is 0 Å². The second-order valence-corrected chi connectivity index (χ2v) is 6.72. The smallest absolute Gasteiger partial charge is 0.373 e. The summed E-state index contributed by atoms with van der Waals surface area (Å²) in [4.78, 5) is 48.1. The number of non-ortho nitro benzene ring substituents is 1. The van der Waals surface area contributed by atoms with Gasteiger partial charge in [0.1, 0.15) is 11.5 Å². The van der Waals surface area contributed by atoms with E-state index in [2.05, 4.69) is 10.1 Å². The van der Waals surface area contributed by atoms with Crippen molar-refractivity contribution in [1.82, 2.24) is 14.8 Å². The van der Waals surface area contributed by atoms with Crippen molar-refractivity contribution in [2.75, 3.05) is 7.11 Å². The van der Waals surface area contributed by atoms with Gasteiger partial charge in [0.2, 0.25) is 5.76 Å². The third kappa shape index (κ3) is 3.86. The van der Waals surface area contributed by atoms with E-state index in [-0.39, 0.29) is 29.4 Å². The second-order valence-electron chi connectivity index (χ2n) is 6.72. The molecule has 32 heavy (non-hydrogen) atoms. The van der Waals surface area contributed by atoms with Crippen LogP contribution in [0, 0.1) is 10.1 Å². The summed E-state index contributed by atoms with van der Waals surface area (Å²) in [5, 5.41) is 13.6. The Morgan fingerprint density at radius 2 is 2.03 bits per heavy atom. The van der Waals surface area contributed by atoms with Crippen LogP contribution in [0.4, 0.5) is 10.5 Å². The Morgan fingerprint density at radius 1 is 1.22 bits per heavy atom. The van der Waals surface area contributed by atoms with E-state index in [9.17, 15) is 24.5 Å². The highest BCUT2D eigenvalue weighted by atomic mass is 16.6. The fraction of sp³-hybridized carbons (Fsp3) is 0.0952. The molecule has 11 nitrogen and oxygen atoms in total. The lowest BCUT2D eigenvalue weighted by atomic mass is 10.2. The van der Waals surface area contributed by atoms with Crippen molar-refractivity contribution < 1.29 is 28.5 Å². The topological polar surface area (TPSA) is 137 Å². The van der Waals surface area contributed by atoms with Crippen molar-refractivity contribution >= 4 is 29.7 Å². The molecule has 1 aromatic carbocycles. The predicted octanol–water partition coefficient (Wildman–Crippen LogP) is 2.86. The predicted molar refractivity (Wildman–Crippen MR) is 110 cm³/mol. The highest BCUT2D eigenvalue weighted by Gasteiger charge is 2.34.